The lowest BCUT2D eigenvalue weighted by Gasteiger charge is -2.24. The highest BCUT2D eigenvalue weighted by Crippen LogP contribution is 2.38. The summed E-state index contributed by atoms with van der Waals surface area (Å²) in [6.07, 6.45) is 7.84. The molecule has 0 aliphatic carbocycles. The molecule has 0 aromatic carbocycles. The second kappa shape index (κ2) is 12.7. The fourth-order valence-electron chi connectivity index (χ4n) is 2.78. The van der Waals surface area contributed by atoms with Gasteiger partial charge in [0.2, 0.25) is 0 Å². The Morgan fingerprint density at radius 2 is 2.10 bits per heavy atom. The van der Waals surface area contributed by atoms with E-state index in [0.29, 0.717) is 6.04 Å². The van der Waals surface area contributed by atoms with Crippen LogP contribution >= 0.6 is 0 Å². The first kappa shape index (κ1) is 20.0. The lowest BCUT2D eigenvalue weighted by Crippen LogP contribution is -2.21. The molecule has 0 bridgehead atoms. The zero-order valence-electron chi connectivity index (χ0n) is 14.3. The maximum Gasteiger partial charge on any atom is 0.0929 e. The van der Waals surface area contributed by atoms with E-state index in [1.807, 2.05) is 32.3 Å². The number of aliphatic hydroxyl groups excluding tert-OH is 1. The van der Waals surface area contributed by atoms with Crippen molar-refractivity contribution in [3.8, 4) is 0 Å². The number of likely N-dealkylation sites (tertiary alicyclic amines) is 1. The minimum absolute atomic E-state index is 0.0694. The van der Waals surface area contributed by atoms with Crippen LogP contribution in [0.3, 0.4) is 0 Å². The molecule has 1 aromatic rings. The van der Waals surface area contributed by atoms with Crippen LogP contribution in [0.4, 0.5) is 0 Å². The first-order valence-corrected chi connectivity index (χ1v) is 8.10. The van der Waals surface area contributed by atoms with E-state index in [0.717, 1.165) is 5.92 Å². The molecule has 4 nitrogen and oxygen atoms in total. The molecule has 1 aliphatic heterocycles. The van der Waals surface area contributed by atoms with Crippen molar-refractivity contribution >= 4 is 0 Å². The maximum atomic E-state index is 7.76. The van der Waals surface area contributed by atoms with E-state index < -0.39 is 0 Å². The smallest absolute Gasteiger partial charge is 0.0929 e. The van der Waals surface area contributed by atoms with Gasteiger partial charge in [0, 0.05) is 18.4 Å². The summed E-state index contributed by atoms with van der Waals surface area (Å²) in [7, 11) is 3.91. The summed E-state index contributed by atoms with van der Waals surface area (Å²) in [5, 5.41) is 10.2. The van der Waals surface area contributed by atoms with Gasteiger partial charge in [-0.3, -0.25) is 15.2 Å². The van der Waals surface area contributed by atoms with Crippen LogP contribution in [0, 0.1) is 5.92 Å². The quantitative estimate of drug-likeness (QED) is 0.838. The van der Waals surface area contributed by atoms with Gasteiger partial charge < -0.3 is 5.11 Å². The average molecular weight is 295 g/mol. The Morgan fingerprint density at radius 1 is 1.43 bits per heavy atom. The molecular formula is C17H33N3O. The topological polar surface area (TPSA) is 48.4 Å². The van der Waals surface area contributed by atoms with Gasteiger partial charge >= 0.3 is 0 Å². The van der Waals surface area contributed by atoms with E-state index >= 15 is 0 Å². The lowest BCUT2D eigenvalue weighted by molar-refractivity contribution is 0.268. The van der Waals surface area contributed by atoms with E-state index in [2.05, 4.69) is 35.2 Å². The normalized spacial score (nSPS) is 21.0. The van der Waals surface area contributed by atoms with Gasteiger partial charge in [0.25, 0.3) is 0 Å². The van der Waals surface area contributed by atoms with Gasteiger partial charge in [-0.2, -0.15) is 0 Å². The monoisotopic (exact) mass is 295 g/mol. The summed E-state index contributed by atoms with van der Waals surface area (Å²) in [5.74, 6) is 0.823. The molecule has 2 N–H and O–H groups in total. The highest BCUT2D eigenvalue weighted by molar-refractivity contribution is 5.16. The molecular weight excluding hydrogens is 262 g/mol. The largest absolute Gasteiger partial charge is 0.381 e. The van der Waals surface area contributed by atoms with Gasteiger partial charge in [0.15, 0.2) is 0 Å². The number of pyridine rings is 1. The number of hydrogen-bond donors (Lipinski definition) is 2. The predicted octanol–water partition coefficient (Wildman–Crippen LogP) is 3.06. The standard InChI is InChI=1S/C13H20N2.C2H7NO.C2H6/c1-3-5-11-7-9-15(2)13(11)12-6-4-8-14-10-12;1-3-2-4;1-2/h4,6,8,10-11,13H,3,5,7,9H2,1-2H3;3-4H,2H2,1H3;1-2H3/t11-,13-;;/m1../s1. The molecule has 1 saturated heterocycles. The van der Waals surface area contributed by atoms with E-state index in [4.69, 9.17) is 5.11 Å². The van der Waals surface area contributed by atoms with Gasteiger partial charge in [-0.05, 0) is 51.0 Å². The van der Waals surface area contributed by atoms with Gasteiger partial charge in [-0.1, -0.05) is 33.3 Å². The maximum absolute atomic E-state index is 7.76. The molecule has 2 atom stereocenters. The third-order valence-electron chi connectivity index (χ3n) is 3.62. The molecule has 2 heterocycles. The van der Waals surface area contributed by atoms with Crippen molar-refractivity contribution in [3.63, 3.8) is 0 Å². The van der Waals surface area contributed by atoms with Crippen LogP contribution in [0.5, 0.6) is 0 Å². The van der Waals surface area contributed by atoms with Gasteiger partial charge in [-0.25, -0.2) is 0 Å². The van der Waals surface area contributed by atoms with Crippen LogP contribution < -0.4 is 5.32 Å². The minimum Gasteiger partial charge on any atom is -0.381 e. The average Bonchev–Trinajstić information content (AvgIpc) is 2.91. The Labute approximate surface area is 130 Å². The Balaban J connectivity index is 0.000000579. The van der Waals surface area contributed by atoms with Crippen molar-refractivity contribution in [3.05, 3.63) is 30.1 Å². The van der Waals surface area contributed by atoms with Crippen LogP contribution in [0.25, 0.3) is 0 Å². The molecule has 1 fully saturated rings. The van der Waals surface area contributed by atoms with Gasteiger partial charge in [-0.15, -0.1) is 0 Å². The minimum atomic E-state index is 0.0694. The number of hydrogen-bond acceptors (Lipinski definition) is 4. The molecule has 21 heavy (non-hydrogen) atoms. The van der Waals surface area contributed by atoms with Crippen molar-refractivity contribution in [2.75, 3.05) is 27.4 Å². The molecule has 0 amide bonds. The Bertz CT molecular complexity index is 328. The number of nitrogens with one attached hydrogen (secondary N) is 1. The van der Waals surface area contributed by atoms with E-state index in [1.165, 1.54) is 31.4 Å². The first-order valence-electron chi connectivity index (χ1n) is 8.10. The zero-order chi connectivity index (χ0) is 16.1. The Morgan fingerprint density at radius 3 is 2.57 bits per heavy atom. The van der Waals surface area contributed by atoms with Gasteiger partial charge in [0.05, 0.1) is 6.73 Å². The highest BCUT2D eigenvalue weighted by Gasteiger charge is 2.31. The van der Waals surface area contributed by atoms with Crippen molar-refractivity contribution in [2.24, 2.45) is 5.92 Å². The van der Waals surface area contributed by atoms with Crippen molar-refractivity contribution in [1.82, 2.24) is 15.2 Å². The zero-order valence-corrected chi connectivity index (χ0v) is 14.3. The van der Waals surface area contributed by atoms with E-state index in [1.54, 1.807) is 7.05 Å². The number of aliphatic hydroxyl groups is 1. The Hall–Kier alpha value is -0.970. The second-order valence-electron chi connectivity index (χ2n) is 5.06. The molecule has 2 rings (SSSR count). The van der Waals surface area contributed by atoms with Crippen LogP contribution in [-0.4, -0.2) is 42.4 Å². The number of rotatable bonds is 4. The molecule has 122 valence electrons. The lowest BCUT2D eigenvalue weighted by atomic mass is 9.91. The summed E-state index contributed by atoms with van der Waals surface area (Å²) in [4.78, 5) is 6.70. The predicted molar refractivity (Wildman–Crippen MR) is 90.1 cm³/mol. The van der Waals surface area contributed by atoms with Crippen LogP contribution in [0.15, 0.2) is 24.5 Å². The third-order valence-corrected chi connectivity index (χ3v) is 3.62. The molecule has 4 heteroatoms. The van der Waals surface area contributed by atoms with Crippen molar-refractivity contribution in [1.29, 1.82) is 0 Å². The fraction of sp³-hybridized carbons (Fsp3) is 0.706. The van der Waals surface area contributed by atoms with Crippen LogP contribution in [-0.2, 0) is 0 Å². The molecule has 1 aliphatic rings. The highest BCUT2D eigenvalue weighted by atomic mass is 16.3. The van der Waals surface area contributed by atoms with Crippen LogP contribution in [0.1, 0.15) is 51.6 Å². The second-order valence-corrected chi connectivity index (χ2v) is 5.06. The summed E-state index contributed by atoms with van der Waals surface area (Å²) < 4.78 is 0. The van der Waals surface area contributed by atoms with Gasteiger partial charge in [0.1, 0.15) is 0 Å². The molecule has 0 radical (unpaired) electrons. The summed E-state index contributed by atoms with van der Waals surface area (Å²) in [6.45, 7) is 7.57. The first-order chi connectivity index (χ1) is 10.2. The van der Waals surface area contributed by atoms with Crippen molar-refractivity contribution in [2.45, 2.75) is 46.1 Å². The molecule has 1 aromatic heterocycles. The van der Waals surface area contributed by atoms with E-state index in [-0.39, 0.29) is 6.73 Å². The SMILES string of the molecule is CC.CCC[C@@H]1CCN(C)[C@H]1c1cccnc1.CNCO. The summed E-state index contributed by atoms with van der Waals surface area (Å²) >= 11 is 0. The molecule has 0 saturated carbocycles. The molecule has 0 spiro atoms. The summed E-state index contributed by atoms with van der Waals surface area (Å²) in [5.41, 5.74) is 1.39. The van der Waals surface area contributed by atoms with Crippen LogP contribution in [0.2, 0.25) is 0 Å². The number of aromatic nitrogens is 1. The number of nitrogens with zero attached hydrogens (tertiary/aromatic N) is 2. The van der Waals surface area contributed by atoms with Crippen molar-refractivity contribution < 1.29 is 5.11 Å². The third kappa shape index (κ3) is 7.02. The van der Waals surface area contributed by atoms with E-state index in [9.17, 15) is 0 Å². The summed E-state index contributed by atoms with van der Waals surface area (Å²) in [6, 6.07) is 4.85. The fourth-order valence-corrected chi connectivity index (χ4v) is 2.78. The molecule has 0 unspecified atom stereocenters. The Kier molecular flexibility index (Phi) is 12.2.